The van der Waals surface area contributed by atoms with Gasteiger partial charge in [0, 0.05) is 28.7 Å². The van der Waals surface area contributed by atoms with E-state index in [1.165, 1.54) is 6.08 Å². The van der Waals surface area contributed by atoms with Gasteiger partial charge < -0.3 is 10.0 Å². The zero-order valence-corrected chi connectivity index (χ0v) is 12.8. The van der Waals surface area contributed by atoms with Crippen LogP contribution >= 0.6 is 23.2 Å². The molecule has 0 bridgehead atoms. The summed E-state index contributed by atoms with van der Waals surface area (Å²) in [6.45, 7) is 0.588. The van der Waals surface area contributed by atoms with Crippen molar-refractivity contribution in [3.05, 3.63) is 39.9 Å². The molecule has 1 aromatic rings. The average molecular weight is 328 g/mol. The van der Waals surface area contributed by atoms with Gasteiger partial charge in [0.2, 0.25) is 5.91 Å². The Labute approximate surface area is 133 Å². The van der Waals surface area contributed by atoms with Crippen molar-refractivity contribution in [3.63, 3.8) is 0 Å². The SMILES string of the molecule is O=C(O)CC1CCCN1C(=O)/C=C/c1cc(Cl)ccc1Cl. The van der Waals surface area contributed by atoms with Gasteiger partial charge in [-0.1, -0.05) is 23.2 Å². The minimum Gasteiger partial charge on any atom is -0.481 e. The first kappa shape index (κ1) is 15.9. The number of likely N-dealkylation sites (tertiary alicyclic amines) is 1. The van der Waals surface area contributed by atoms with E-state index in [1.54, 1.807) is 29.2 Å². The second-order valence-electron chi connectivity index (χ2n) is 4.92. The Bertz CT molecular complexity index is 586. The zero-order valence-electron chi connectivity index (χ0n) is 11.3. The highest BCUT2D eigenvalue weighted by atomic mass is 35.5. The summed E-state index contributed by atoms with van der Waals surface area (Å²) >= 11 is 11.9. The summed E-state index contributed by atoms with van der Waals surface area (Å²) in [6, 6.07) is 4.78. The minimum atomic E-state index is -0.887. The van der Waals surface area contributed by atoms with E-state index in [2.05, 4.69) is 0 Å². The van der Waals surface area contributed by atoms with Crippen LogP contribution in [0.25, 0.3) is 6.08 Å². The van der Waals surface area contributed by atoms with E-state index in [0.717, 1.165) is 12.8 Å². The van der Waals surface area contributed by atoms with Crippen LogP contribution in [-0.4, -0.2) is 34.5 Å². The van der Waals surface area contributed by atoms with Gasteiger partial charge >= 0.3 is 5.97 Å². The molecule has 1 unspecified atom stereocenters. The number of amides is 1. The molecule has 1 N–H and O–H groups in total. The molecule has 112 valence electrons. The largest absolute Gasteiger partial charge is 0.481 e. The van der Waals surface area contributed by atoms with Crippen LogP contribution in [0.4, 0.5) is 0 Å². The van der Waals surface area contributed by atoms with E-state index in [4.69, 9.17) is 28.3 Å². The lowest BCUT2D eigenvalue weighted by molar-refractivity contribution is -0.139. The number of carbonyl (C=O) groups is 2. The Morgan fingerprint density at radius 1 is 1.38 bits per heavy atom. The highest BCUT2D eigenvalue weighted by Gasteiger charge is 2.29. The number of benzene rings is 1. The molecule has 0 aliphatic carbocycles. The molecule has 4 nitrogen and oxygen atoms in total. The Kier molecular flexibility index (Phi) is 5.26. The van der Waals surface area contributed by atoms with Gasteiger partial charge in [0.25, 0.3) is 0 Å². The van der Waals surface area contributed by atoms with Crippen molar-refractivity contribution >= 4 is 41.2 Å². The van der Waals surface area contributed by atoms with Crippen LogP contribution in [-0.2, 0) is 9.59 Å². The van der Waals surface area contributed by atoms with Crippen molar-refractivity contribution in [2.24, 2.45) is 0 Å². The molecule has 0 radical (unpaired) electrons. The summed E-state index contributed by atoms with van der Waals surface area (Å²) in [4.78, 5) is 24.6. The predicted octanol–water partition coefficient (Wildman–Crippen LogP) is 3.47. The Morgan fingerprint density at radius 3 is 2.86 bits per heavy atom. The van der Waals surface area contributed by atoms with Crippen molar-refractivity contribution < 1.29 is 14.7 Å². The first-order chi connectivity index (χ1) is 9.97. The van der Waals surface area contributed by atoms with Crippen LogP contribution in [0, 0.1) is 0 Å². The second kappa shape index (κ2) is 6.96. The number of carboxylic acids is 1. The molecule has 1 saturated heterocycles. The Hall–Kier alpha value is -1.52. The third-order valence-electron chi connectivity index (χ3n) is 3.43. The lowest BCUT2D eigenvalue weighted by Gasteiger charge is -2.21. The van der Waals surface area contributed by atoms with E-state index in [-0.39, 0.29) is 18.4 Å². The van der Waals surface area contributed by atoms with E-state index >= 15 is 0 Å². The third kappa shape index (κ3) is 4.22. The first-order valence-electron chi connectivity index (χ1n) is 6.63. The maximum atomic E-state index is 12.2. The van der Waals surface area contributed by atoms with Crippen LogP contribution in [0.5, 0.6) is 0 Å². The van der Waals surface area contributed by atoms with Gasteiger partial charge in [-0.05, 0) is 42.7 Å². The Morgan fingerprint density at radius 2 is 2.14 bits per heavy atom. The standard InChI is InChI=1S/C15H15Cl2NO3/c16-11-4-5-13(17)10(8-11)3-6-14(19)18-7-1-2-12(18)9-15(20)21/h3-6,8,12H,1-2,7,9H2,(H,20,21)/b6-3+. The van der Waals surface area contributed by atoms with Crippen molar-refractivity contribution in [2.45, 2.75) is 25.3 Å². The molecule has 1 aromatic carbocycles. The molecule has 2 rings (SSSR count). The van der Waals surface area contributed by atoms with E-state index < -0.39 is 5.97 Å². The lowest BCUT2D eigenvalue weighted by Crippen LogP contribution is -2.35. The number of aliphatic carboxylic acids is 1. The quantitative estimate of drug-likeness (QED) is 0.861. The summed E-state index contributed by atoms with van der Waals surface area (Å²) in [5.74, 6) is -1.09. The number of rotatable bonds is 4. The van der Waals surface area contributed by atoms with Crippen molar-refractivity contribution in [1.29, 1.82) is 0 Å². The van der Waals surface area contributed by atoms with Crippen molar-refractivity contribution in [3.8, 4) is 0 Å². The topological polar surface area (TPSA) is 57.6 Å². The number of nitrogens with zero attached hydrogens (tertiary/aromatic N) is 1. The van der Waals surface area contributed by atoms with Crippen LogP contribution in [0.1, 0.15) is 24.8 Å². The molecule has 21 heavy (non-hydrogen) atoms. The molecule has 1 amide bonds. The minimum absolute atomic E-state index is 0.0164. The monoisotopic (exact) mass is 327 g/mol. The first-order valence-corrected chi connectivity index (χ1v) is 7.38. The fraction of sp³-hybridized carbons (Fsp3) is 0.333. The summed E-state index contributed by atoms with van der Waals surface area (Å²) < 4.78 is 0. The van der Waals surface area contributed by atoms with Gasteiger partial charge in [0.1, 0.15) is 0 Å². The fourth-order valence-electron chi connectivity index (χ4n) is 2.44. The number of hydrogen-bond donors (Lipinski definition) is 1. The second-order valence-corrected chi connectivity index (χ2v) is 5.77. The molecule has 1 fully saturated rings. The third-order valence-corrected chi connectivity index (χ3v) is 4.01. The molecule has 1 atom stereocenters. The lowest BCUT2D eigenvalue weighted by atomic mass is 10.1. The summed E-state index contributed by atoms with van der Waals surface area (Å²) in [5.41, 5.74) is 0.659. The van der Waals surface area contributed by atoms with Crippen molar-refractivity contribution in [1.82, 2.24) is 4.90 Å². The molecule has 0 saturated carbocycles. The number of carboxylic acid groups (broad SMARTS) is 1. The van der Waals surface area contributed by atoms with E-state index in [9.17, 15) is 9.59 Å². The van der Waals surface area contributed by atoms with Gasteiger partial charge in [-0.3, -0.25) is 9.59 Å². The molecule has 1 heterocycles. The number of carbonyl (C=O) groups excluding carboxylic acids is 1. The predicted molar refractivity (Wildman–Crippen MR) is 82.5 cm³/mol. The summed E-state index contributed by atoms with van der Waals surface area (Å²) in [7, 11) is 0. The highest BCUT2D eigenvalue weighted by Crippen LogP contribution is 2.23. The van der Waals surface area contributed by atoms with Gasteiger partial charge in [0.15, 0.2) is 0 Å². The fourth-order valence-corrected chi connectivity index (χ4v) is 2.80. The van der Waals surface area contributed by atoms with Gasteiger partial charge in [-0.15, -0.1) is 0 Å². The molecular weight excluding hydrogens is 313 g/mol. The molecule has 0 spiro atoms. The highest BCUT2D eigenvalue weighted by molar-refractivity contribution is 6.34. The molecule has 6 heteroatoms. The molecular formula is C15H15Cl2NO3. The van der Waals surface area contributed by atoms with E-state index in [1.807, 2.05) is 0 Å². The van der Waals surface area contributed by atoms with Crippen molar-refractivity contribution in [2.75, 3.05) is 6.54 Å². The van der Waals surface area contributed by atoms with Gasteiger partial charge in [-0.25, -0.2) is 0 Å². The maximum Gasteiger partial charge on any atom is 0.305 e. The molecule has 0 aromatic heterocycles. The van der Waals surface area contributed by atoms with Crippen LogP contribution in [0.3, 0.4) is 0 Å². The van der Waals surface area contributed by atoms with Crippen LogP contribution < -0.4 is 0 Å². The van der Waals surface area contributed by atoms with Gasteiger partial charge in [-0.2, -0.15) is 0 Å². The number of hydrogen-bond acceptors (Lipinski definition) is 2. The average Bonchev–Trinajstić information content (AvgIpc) is 2.86. The molecule has 1 aliphatic rings. The normalized spacial score (nSPS) is 18.4. The van der Waals surface area contributed by atoms with Crippen LogP contribution in [0.15, 0.2) is 24.3 Å². The summed E-state index contributed by atoms with van der Waals surface area (Å²) in [6.07, 6.45) is 4.56. The van der Waals surface area contributed by atoms with E-state index in [0.29, 0.717) is 22.2 Å². The number of halogens is 2. The maximum absolute atomic E-state index is 12.2. The molecule has 1 aliphatic heterocycles. The summed E-state index contributed by atoms with van der Waals surface area (Å²) in [5, 5.41) is 9.90. The van der Waals surface area contributed by atoms with Gasteiger partial charge in [0.05, 0.1) is 6.42 Å². The Balaban J connectivity index is 2.08. The zero-order chi connectivity index (χ0) is 15.4. The van der Waals surface area contributed by atoms with Crippen LogP contribution in [0.2, 0.25) is 10.0 Å². The smallest absolute Gasteiger partial charge is 0.305 e.